The highest BCUT2D eigenvalue weighted by atomic mass is 16.3. The number of para-hydroxylation sites is 1. The van der Waals surface area contributed by atoms with Gasteiger partial charge in [0.25, 0.3) is 0 Å². The van der Waals surface area contributed by atoms with Crippen molar-refractivity contribution >= 4 is 21.9 Å². The quantitative estimate of drug-likeness (QED) is 0.302. The second-order valence-electron chi connectivity index (χ2n) is 8.66. The van der Waals surface area contributed by atoms with Crippen LogP contribution in [0.5, 0.6) is 0 Å². The lowest BCUT2D eigenvalue weighted by Gasteiger charge is -2.19. The molecule has 0 aliphatic rings. The van der Waals surface area contributed by atoms with Gasteiger partial charge < -0.3 is 4.42 Å². The summed E-state index contributed by atoms with van der Waals surface area (Å²) in [5, 5.41) is 2.42. The van der Waals surface area contributed by atoms with Crippen LogP contribution in [0.25, 0.3) is 44.2 Å². The summed E-state index contributed by atoms with van der Waals surface area (Å²) in [7, 11) is 0. The summed E-state index contributed by atoms with van der Waals surface area (Å²) >= 11 is 0. The Labute approximate surface area is 171 Å². The minimum atomic E-state index is 0.0592. The molecule has 5 rings (SSSR count). The van der Waals surface area contributed by atoms with Crippen LogP contribution in [0.4, 0.5) is 0 Å². The van der Waals surface area contributed by atoms with Crippen molar-refractivity contribution in [3.05, 3.63) is 96.6 Å². The van der Waals surface area contributed by atoms with Crippen molar-refractivity contribution < 1.29 is 4.42 Å². The lowest BCUT2D eigenvalue weighted by molar-refractivity contribution is 0.594. The molecule has 1 heterocycles. The topological polar surface area (TPSA) is 13.1 Å². The molecule has 0 atom stereocenters. The SMILES string of the molecule is CC(C)(C)c1cccc2oc3c(-c4ccc(-c5ccccc5)cc4)cccc3c12. The number of hydrogen-bond donors (Lipinski definition) is 0. The molecular weight excluding hydrogens is 352 g/mol. The summed E-state index contributed by atoms with van der Waals surface area (Å²) < 4.78 is 6.39. The Kier molecular flexibility index (Phi) is 4.06. The number of benzene rings is 4. The van der Waals surface area contributed by atoms with Crippen LogP contribution < -0.4 is 0 Å². The van der Waals surface area contributed by atoms with Crippen LogP contribution in [0, 0.1) is 0 Å². The summed E-state index contributed by atoms with van der Waals surface area (Å²) in [4.78, 5) is 0. The average Bonchev–Trinajstić information content (AvgIpc) is 3.12. The summed E-state index contributed by atoms with van der Waals surface area (Å²) in [5.74, 6) is 0. The number of furan rings is 1. The first-order chi connectivity index (χ1) is 14.0. The molecule has 0 radical (unpaired) electrons. The van der Waals surface area contributed by atoms with E-state index in [1.165, 1.54) is 33.0 Å². The van der Waals surface area contributed by atoms with Gasteiger partial charge in [-0.25, -0.2) is 0 Å². The smallest absolute Gasteiger partial charge is 0.143 e. The van der Waals surface area contributed by atoms with E-state index in [0.29, 0.717) is 0 Å². The molecule has 0 spiro atoms. The molecule has 0 unspecified atom stereocenters. The molecule has 142 valence electrons. The van der Waals surface area contributed by atoms with Crippen LogP contribution in [0.3, 0.4) is 0 Å². The molecule has 29 heavy (non-hydrogen) atoms. The van der Waals surface area contributed by atoms with Crippen LogP contribution >= 0.6 is 0 Å². The minimum Gasteiger partial charge on any atom is -0.455 e. The molecular formula is C28H24O. The monoisotopic (exact) mass is 376 g/mol. The summed E-state index contributed by atoms with van der Waals surface area (Å²) in [6.07, 6.45) is 0. The van der Waals surface area contributed by atoms with Gasteiger partial charge in [-0.1, -0.05) is 106 Å². The zero-order chi connectivity index (χ0) is 20.0. The first kappa shape index (κ1) is 17.8. The molecule has 0 bridgehead atoms. The normalized spacial score (nSPS) is 12.0. The first-order valence-corrected chi connectivity index (χ1v) is 10.1. The van der Waals surface area contributed by atoms with Gasteiger partial charge in [-0.05, 0) is 33.7 Å². The van der Waals surface area contributed by atoms with E-state index in [-0.39, 0.29) is 5.41 Å². The van der Waals surface area contributed by atoms with Gasteiger partial charge in [0, 0.05) is 16.3 Å². The van der Waals surface area contributed by atoms with Crippen molar-refractivity contribution in [2.45, 2.75) is 26.2 Å². The first-order valence-electron chi connectivity index (χ1n) is 10.1. The Morgan fingerprint density at radius 2 is 1.24 bits per heavy atom. The van der Waals surface area contributed by atoms with Crippen LogP contribution in [0.1, 0.15) is 26.3 Å². The highest BCUT2D eigenvalue weighted by Gasteiger charge is 2.21. The summed E-state index contributed by atoms with van der Waals surface area (Å²) in [5.41, 5.74) is 8.07. The van der Waals surface area contributed by atoms with Crippen LogP contribution in [0.15, 0.2) is 95.4 Å². The second-order valence-corrected chi connectivity index (χ2v) is 8.66. The van der Waals surface area contributed by atoms with Crippen molar-refractivity contribution in [1.29, 1.82) is 0 Å². The van der Waals surface area contributed by atoms with E-state index in [1.807, 2.05) is 6.07 Å². The van der Waals surface area contributed by atoms with Gasteiger partial charge in [-0.15, -0.1) is 0 Å². The Bertz CT molecular complexity index is 1300. The zero-order valence-corrected chi connectivity index (χ0v) is 17.1. The van der Waals surface area contributed by atoms with Gasteiger partial charge in [0.2, 0.25) is 0 Å². The van der Waals surface area contributed by atoms with Crippen LogP contribution in [0.2, 0.25) is 0 Å². The van der Waals surface area contributed by atoms with Gasteiger partial charge in [-0.3, -0.25) is 0 Å². The molecule has 0 aliphatic heterocycles. The molecule has 0 aliphatic carbocycles. The van der Waals surface area contributed by atoms with Gasteiger partial charge >= 0.3 is 0 Å². The van der Waals surface area contributed by atoms with Crippen molar-refractivity contribution in [3.8, 4) is 22.3 Å². The number of rotatable bonds is 2. The van der Waals surface area contributed by atoms with E-state index in [0.717, 1.165) is 16.7 Å². The molecule has 1 aromatic heterocycles. The maximum absolute atomic E-state index is 6.39. The fourth-order valence-electron chi connectivity index (χ4n) is 4.17. The lowest BCUT2D eigenvalue weighted by Crippen LogP contribution is -2.11. The Morgan fingerprint density at radius 1 is 0.586 bits per heavy atom. The van der Waals surface area contributed by atoms with E-state index in [9.17, 15) is 0 Å². The van der Waals surface area contributed by atoms with Gasteiger partial charge in [0.05, 0.1) is 0 Å². The Hall–Kier alpha value is -3.32. The predicted molar refractivity (Wildman–Crippen MR) is 123 cm³/mol. The van der Waals surface area contributed by atoms with Crippen molar-refractivity contribution in [2.75, 3.05) is 0 Å². The third kappa shape index (κ3) is 3.03. The second kappa shape index (κ2) is 6.63. The predicted octanol–water partition coefficient (Wildman–Crippen LogP) is 8.22. The average molecular weight is 376 g/mol. The number of fused-ring (bicyclic) bond motifs is 3. The Morgan fingerprint density at radius 3 is 1.97 bits per heavy atom. The summed E-state index contributed by atoms with van der Waals surface area (Å²) in [6.45, 7) is 6.77. The minimum absolute atomic E-state index is 0.0592. The van der Waals surface area contributed by atoms with Crippen molar-refractivity contribution in [1.82, 2.24) is 0 Å². The fraction of sp³-hybridized carbons (Fsp3) is 0.143. The highest BCUT2D eigenvalue weighted by Crippen LogP contribution is 2.40. The molecule has 5 aromatic rings. The lowest BCUT2D eigenvalue weighted by atomic mass is 9.84. The maximum Gasteiger partial charge on any atom is 0.143 e. The van der Waals surface area contributed by atoms with Gasteiger partial charge in [-0.2, -0.15) is 0 Å². The van der Waals surface area contributed by atoms with E-state index in [4.69, 9.17) is 4.42 Å². The Balaban J connectivity index is 1.68. The molecule has 1 nitrogen and oxygen atoms in total. The van der Waals surface area contributed by atoms with Gasteiger partial charge in [0.15, 0.2) is 0 Å². The van der Waals surface area contributed by atoms with Crippen molar-refractivity contribution in [3.63, 3.8) is 0 Å². The van der Waals surface area contributed by atoms with Crippen LogP contribution in [-0.4, -0.2) is 0 Å². The molecule has 0 saturated heterocycles. The molecule has 1 heteroatoms. The molecule has 0 N–H and O–H groups in total. The molecule has 4 aromatic carbocycles. The van der Waals surface area contributed by atoms with E-state index in [2.05, 4.69) is 106 Å². The fourth-order valence-corrected chi connectivity index (χ4v) is 4.17. The van der Waals surface area contributed by atoms with Gasteiger partial charge in [0.1, 0.15) is 11.2 Å². The standard InChI is InChI=1S/C28H24O/c1-28(2,3)24-13-8-14-25-26(24)23-12-7-11-22(27(23)29-25)21-17-15-20(16-18-21)19-9-5-4-6-10-19/h4-18H,1-3H3. The van der Waals surface area contributed by atoms with E-state index >= 15 is 0 Å². The molecule has 0 saturated carbocycles. The molecule has 0 amide bonds. The highest BCUT2D eigenvalue weighted by molar-refractivity contribution is 6.11. The largest absolute Gasteiger partial charge is 0.455 e. The molecule has 0 fully saturated rings. The maximum atomic E-state index is 6.39. The third-order valence-corrected chi connectivity index (χ3v) is 5.63. The van der Waals surface area contributed by atoms with Crippen LogP contribution in [-0.2, 0) is 5.41 Å². The number of hydrogen-bond acceptors (Lipinski definition) is 1. The third-order valence-electron chi connectivity index (χ3n) is 5.63. The van der Waals surface area contributed by atoms with Crippen molar-refractivity contribution in [2.24, 2.45) is 0 Å². The van der Waals surface area contributed by atoms with E-state index < -0.39 is 0 Å². The summed E-state index contributed by atoms with van der Waals surface area (Å²) in [6, 6.07) is 32.1. The zero-order valence-electron chi connectivity index (χ0n) is 17.1. The van der Waals surface area contributed by atoms with E-state index in [1.54, 1.807) is 0 Å².